The Labute approximate surface area is 145 Å². The number of fused-ring (bicyclic) bond motifs is 1. The maximum atomic E-state index is 13.5. The van der Waals surface area contributed by atoms with Crippen LogP contribution in [0.1, 0.15) is 41.9 Å². The van der Waals surface area contributed by atoms with Crippen LogP contribution < -0.4 is 0 Å². The largest absolute Gasteiger partial charge is 0.481 e. The molecule has 1 aliphatic heterocycles. The smallest absolute Gasteiger partial charge is 0.305 e. The normalized spacial score (nSPS) is 18.0. The third-order valence-electron chi connectivity index (χ3n) is 4.51. The Bertz CT molecular complexity index is 774. The van der Waals surface area contributed by atoms with E-state index in [0.29, 0.717) is 18.8 Å². The van der Waals surface area contributed by atoms with Crippen LogP contribution in [0, 0.1) is 0 Å². The summed E-state index contributed by atoms with van der Waals surface area (Å²) in [6.07, 6.45) is 0.774. The van der Waals surface area contributed by atoms with Crippen LogP contribution in [-0.4, -0.2) is 27.5 Å². The van der Waals surface area contributed by atoms with E-state index in [0.717, 1.165) is 24.5 Å². The van der Waals surface area contributed by atoms with E-state index in [1.807, 2.05) is 29.2 Å². The molecular weight excluding hydrogens is 326 g/mol. The van der Waals surface area contributed by atoms with Crippen molar-refractivity contribution in [3.8, 4) is 0 Å². The first kappa shape index (κ1) is 17.5. The fraction of sp³-hybridized carbons (Fsp3) is 0.368. The van der Waals surface area contributed by atoms with Crippen molar-refractivity contribution < 1.29 is 18.7 Å². The molecule has 1 atom stereocenters. The second-order valence-electron chi connectivity index (χ2n) is 6.44. The number of hydrogen-bond donors (Lipinski definition) is 1. The zero-order valence-electron chi connectivity index (χ0n) is 14.0. The number of nitrogens with zero attached hydrogens (tertiary/aromatic N) is 2. The van der Waals surface area contributed by atoms with E-state index in [4.69, 9.17) is 0 Å². The molecule has 0 spiro atoms. The summed E-state index contributed by atoms with van der Waals surface area (Å²) in [5.41, 5.74) is 2.39. The van der Waals surface area contributed by atoms with Gasteiger partial charge in [-0.3, -0.25) is 14.7 Å². The standard InChI is InChI=1S/C19H20F2N2O2/c1-19(20,21)17-8-4-6-14(22-17)12-23-10-9-13-5-2-3-7-15(13)16(23)11-18(24)25/h2-8,16H,9-12H2,1H3,(H,24,25). The minimum Gasteiger partial charge on any atom is -0.481 e. The van der Waals surface area contributed by atoms with Gasteiger partial charge in [0.2, 0.25) is 0 Å². The SMILES string of the molecule is CC(F)(F)c1cccc(CN2CCc3ccccc3C2CC(=O)O)n1. The molecule has 2 aromatic rings. The molecule has 25 heavy (non-hydrogen) atoms. The number of alkyl halides is 2. The number of halogens is 2. The molecule has 6 heteroatoms. The summed E-state index contributed by atoms with van der Waals surface area (Å²) in [6, 6.07) is 12.1. The number of hydrogen-bond acceptors (Lipinski definition) is 3. The van der Waals surface area contributed by atoms with Gasteiger partial charge >= 0.3 is 5.97 Å². The Hall–Kier alpha value is -2.34. The molecule has 1 aliphatic rings. The molecule has 0 saturated heterocycles. The zero-order valence-corrected chi connectivity index (χ0v) is 14.0. The summed E-state index contributed by atoms with van der Waals surface area (Å²) in [6.45, 7) is 1.84. The van der Waals surface area contributed by atoms with Crippen molar-refractivity contribution >= 4 is 5.97 Å². The number of carbonyl (C=O) groups is 1. The number of carboxylic acid groups (broad SMARTS) is 1. The summed E-state index contributed by atoms with van der Waals surface area (Å²) in [5, 5.41) is 9.28. The first-order valence-electron chi connectivity index (χ1n) is 8.22. The Morgan fingerprint density at radius 3 is 2.76 bits per heavy atom. The highest BCUT2D eigenvalue weighted by atomic mass is 19.3. The van der Waals surface area contributed by atoms with Crippen LogP contribution in [-0.2, 0) is 23.7 Å². The van der Waals surface area contributed by atoms with Crippen LogP contribution >= 0.6 is 0 Å². The van der Waals surface area contributed by atoms with Gasteiger partial charge in [0.05, 0.1) is 12.1 Å². The lowest BCUT2D eigenvalue weighted by molar-refractivity contribution is -0.138. The van der Waals surface area contributed by atoms with E-state index in [9.17, 15) is 18.7 Å². The Kier molecular flexibility index (Phi) is 4.81. The quantitative estimate of drug-likeness (QED) is 0.895. The van der Waals surface area contributed by atoms with Crippen molar-refractivity contribution in [3.63, 3.8) is 0 Å². The highest BCUT2D eigenvalue weighted by Crippen LogP contribution is 2.33. The molecule has 3 rings (SSSR count). The number of aromatic nitrogens is 1. The van der Waals surface area contributed by atoms with E-state index < -0.39 is 11.9 Å². The average Bonchev–Trinajstić information content (AvgIpc) is 2.56. The van der Waals surface area contributed by atoms with E-state index >= 15 is 0 Å². The van der Waals surface area contributed by atoms with Crippen LogP contribution in [0.25, 0.3) is 0 Å². The number of carboxylic acids is 1. The van der Waals surface area contributed by atoms with Gasteiger partial charge in [0.15, 0.2) is 0 Å². The van der Waals surface area contributed by atoms with Crippen molar-refractivity contribution in [2.75, 3.05) is 6.54 Å². The number of pyridine rings is 1. The van der Waals surface area contributed by atoms with E-state index in [1.54, 1.807) is 12.1 Å². The molecule has 132 valence electrons. The number of aliphatic carboxylic acids is 1. The van der Waals surface area contributed by atoms with Crippen molar-refractivity contribution in [3.05, 3.63) is 65.0 Å². The minimum atomic E-state index is -3.00. The van der Waals surface area contributed by atoms with Crippen molar-refractivity contribution in [2.24, 2.45) is 0 Å². The van der Waals surface area contributed by atoms with Gasteiger partial charge in [0.25, 0.3) is 5.92 Å². The third kappa shape index (κ3) is 4.02. The molecule has 1 N–H and O–H groups in total. The van der Waals surface area contributed by atoms with Gasteiger partial charge in [-0.1, -0.05) is 30.3 Å². The molecule has 1 aromatic heterocycles. The highest BCUT2D eigenvalue weighted by Gasteiger charge is 2.30. The molecule has 1 unspecified atom stereocenters. The fourth-order valence-electron chi connectivity index (χ4n) is 3.32. The Morgan fingerprint density at radius 2 is 2.04 bits per heavy atom. The molecule has 0 saturated carbocycles. The molecule has 2 heterocycles. The van der Waals surface area contributed by atoms with Crippen LogP contribution in [0.2, 0.25) is 0 Å². The second-order valence-corrected chi connectivity index (χ2v) is 6.44. The van der Waals surface area contributed by atoms with Crippen molar-refractivity contribution in [2.45, 2.75) is 38.3 Å². The molecule has 1 aromatic carbocycles. The minimum absolute atomic E-state index is 0.0271. The van der Waals surface area contributed by atoms with Crippen molar-refractivity contribution in [1.29, 1.82) is 0 Å². The predicted octanol–water partition coefficient (Wildman–Crippen LogP) is 3.77. The van der Waals surface area contributed by atoms with Gasteiger partial charge in [-0.15, -0.1) is 0 Å². The first-order valence-corrected chi connectivity index (χ1v) is 8.22. The maximum absolute atomic E-state index is 13.5. The molecular formula is C19H20F2N2O2. The molecule has 0 aliphatic carbocycles. The molecule has 0 fully saturated rings. The van der Waals surface area contributed by atoms with Crippen LogP contribution in [0.15, 0.2) is 42.5 Å². The Balaban J connectivity index is 1.87. The topological polar surface area (TPSA) is 53.4 Å². The lowest BCUT2D eigenvalue weighted by Gasteiger charge is -2.36. The van der Waals surface area contributed by atoms with Gasteiger partial charge in [0, 0.05) is 26.1 Å². The molecule has 0 radical (unpaired) electrons. The lowest BCUT2D eigenvalue weighted by Crippen LogP contribution is -2.36. The van der Waals surface area contributed by atoms with Gasteiger partial charge in [-0.2, -0.15) is 8.78 Å². The summed E-state index contributed by atoms with van der Waals surface area (Å²) in [5.74, 6) is -3.88. The van der Waals surface area contributed by atoms with Gasteiger partial charge in [0.1, 0.15) is 5.69 Å². The number of rotatable bonds is 5. The van der Waals surface area contributed by atoms with Gasteiger partial charge in [-0.05, 0) is 29.7 Å². The van der Waals surface area contributed by atoms with Gasteiger partial charge < -0.3 is 5.11 Å². The lowest BCUT2D eigenvalue weighted by atomic mass is 9.90. The second kappa shape index (κ2) is 6.88. The monoisotopic (exact) mass is 346 g/mol. The summed E-state index contributed by atoms with van der Waals surface area (Å²) in [7, 11) is 0. The Morgan fingerprint density at radius 1 is 1.28 bits per heavy atom. The number of benzene rings is 1. The average molecular weight is 346 g/mol. The van der Waals surface area contributed by atoms with E-state index in [2.05, 4.69) is 4.98 Å². The summed E-state index contributed by atoms with van der Waals surface area (Å²) < 4.78 is 27.0. The van der Waals surface area contributed by atoms with Gasteiger partial charge in [-0.25, -0.2) is 0 Å². The predicted molar refractivity (Wildman–Crippen MR) is 89.4 cm³/mol. The maximum Gasteiger partial charge on any atom is 0.305 e. The zero-order chi connectivity index (χ0) is 18.0. The fourth-order valence-corrected chi connectivity index (χ4v) is 3.32. The van der Waals surface area contributed by atoms with E-state index in [1.165, 1.54) is 6.07 Å². The molecule has 0 amide bonds. The van der Waals surface area contributed by atoms with E-state index in [-0.39, 0.29) is 18.2 Å². The first-order chi connectivity index (χ1) is 11.8. The van der Waals surface area contributed by atoms with Crippen LogP contribution in [0.3, 0.4) is 0 Å². The summed E-state index contributed by atoms with van der Waals surface area (Å²) >= 11 is 0. The molecule has 0 bridgehead atoms. The van der Waals surface area contributed by atoms with Crippen molar-refractivity contribution in [1.82, 2.24) is 9.88 Å². The highest BCUT2D eigenvalue weighted by molar-refractivity contribution is 5.68. The molecule has 4 nitrogen and oxygen atoms in total. The van der Waals surface area contributed by atoms with Crippen LogP contribution in [0.4, 0.5) is 8.78 Å². The third-order valence-corrected chi connectivity index (χ3v) is 4.51. The van der Waals surface area contributed by atoms with Crippen LogP contribution in [0.5, 0.6) is 0 Å². The summed E-state index contributed by atoms with van der Waals surface area (Å²) in [4.78, 5) is 17.4.